The van der Waals surface area contributed by atoms with Gasteiger partial charge < -0.3 is 0 Å². The average molecular weight is 359 g/mol. The third-order valence-corrected chi connectivity index (χ3v) is 4.42. The molecule has 132 valence electrons. The highest BCUT2D eigenvalue weighted by Gasteiger charge is 2.50. The van der Waals surface area contributed by atoms with E-state index in [4.69, 9.17) is 0 Å². The van der Waals surface area contributed by atoms with Gasteiger partial charge in [-0.15, -0.1) is 0 Å². The highest BCUT2D eigenvalue weighted by atomic mass is 16.6. The first-order valence-electron chi connectivity index (χ1n) is 8.31. The molecule has 0 spiro atoms. The Morgan fingerprint density at radius 2 is 1.37 bits per heavy atom. The molecule has 1 heterocycles. The largest absolute Gasteiger partial charge is 0.519 e. The molecule has 7 nitrogen and oxygen atoms in total. The molecule has 1 N–H and O–H groups in total. The summed E-state index contributed by atoms with van der Waals surface area (Å²) in [6.45, 7) is 0. The molecule has 0 aliphatic carbocycles. The fourth-order valence-corrected chi connectivity index (χ4v) is 3.10. The summed E-state index contributed by atoms with van der Waals surface area (Å²) in [6.07, 6.45) is 0. The molecule has 4 rings (SSSR count). The van der Waals surface area contributed by atoms with Crippen molar-refractivity contribution in [1.29, 1.82) is 0 Å². The Morgan fingerprint density at radius 1 is 0.852 bits per heavy atom. The van der Waals surface area contributed by atoms with Crippen LogP contribution in [0.15, 0.2) is 90.0 Å². The van der Waals surface area contributed by atoms with Crippen LogP contribution in [0.25, 0.3) is 0 Å². The van der Waals surface area contributed by atoms with E-state index in [9.17, 15) is 14.9 Å². The number of urea groups is 1. The van der Waals surface area contributed by atoms with Crippen molar-refractivity contribution in [2.75, 3.05) is 0 Å². The van der Waals surface area contributed by atoms with E-state index in [1.807, 2.05) is 60.7 Å². The van der Waals surface area contributed by atoms with Crippen LogP contribution in [-0.2, 0) is 5.66 Å². The number of carbonyl (C=O) groups is 1. The number of nitro benzene ring substituents is 1. The topological polar surface area (TPSA) is 87.6 Å². The van der Waals surface area contributed by atoms with Crippen LogP contribution in [0.1, 0.15) is 11.1 Å². The van der Waals surface area contributed by atoms with E-state index >= 15 is 0 Å². The molecule has 0 bridgehead atoms. The van der Waals surface area contributed by atoms with Gasteiger partial charge in [0.25, 0.3) is 11.4 Å². The van der Waals surface area contributed by atoms with Crippen LogP contribution in [0.4, 0.5) is 16.2 Å². The second kappa shape index (κ2) is 6.45. The highest BCUT2D eigenvalue weighted by Crippen LogP contribution is 2.36. The van der Waals surface area contributed by atoms with Gasteiger partial charge in [0.2, 0.25) is 0 Å². The number of nitrogens with zero attached hydrogens (tertiary/aromatic N) is 3. The van der Waals surface area contributed by atoms with E-state index in [-0.39, 0.29) is 5.69 Å². The fourth-order valence-electron chi connectivity index (χ4n) is 3.10. The van der Waals surface area contributed by atoms with Gasteiger partial charge in [0.15, 0.2) is 5.69 Å². The van der Waals surface area contributed by atoms with Gasteiger partial charge in [-0.1, -0.05) is 65.4 Å². The Morgan fingerprint density at radius 3 is 1.85 bits per heavy atom. The van der Waals surface area contributed by atoms with E-state index in [1.54, 1.807) is 0 Å². The van der Waals surface area contributed by atoms with Crippen LogP contribution in [0, 0.1) is 10.1 Å². The molecule has 0 unspecified atom stereocenters. The predicted octanol–water partition coefficient (Wildman–Crippen LogP) is 4.32. The molecule has 3 aromatic rings. The number of amides is 2. The van der Waals surface area contributed by atoms with Crippen molar-refractivity contribution in [3.8, 4) is 0 Å². The number of nitro groups is 1. The molecule has 1 aliphatic heterocycles. The molecular formula is C20H15N4O3+. The third kappa shape index (κ3) is 2.85. The van der Waals surface area contributed by atoms with Gasteiger partial charge in [0, 0.05) is 23.3 Å². The van der Waals surface area contributed by atoms with Crippen molar-refractivity contribution >= 4 is 17.4 Å². The molecule has 3 aromatic carbocycles. The second-order valence-electron chi connectivity index (χ2n) is 6.06. The van der Waals surface area contributed by atoms with E-state index < -0.39 is 16.6 Å². The van der Waals surface area contributed by atoms with Crippen molar-refractivity contribution in [3.63, 3.8) is 0 Å². The smallest absolute Gasteiger partial charge is 0.258 e. The zero-order chi connectivity index (χ0) is 18.9. The molecule has 2 amide bonds. The maximum absolute atomic E-state index is 12.7. The Bertz CT molecular complexity index is 992. The van der Waals surface area contributed by atoms with Crippen LogP contribution < -0.4 is 5.32 Å². The van der Waals surface area contributed by atoms with E-state index in [0.717, 1.165) is 11.1 Å². The summed E-state index contributed by atoms with van der Waals surface area (Å²) in [7, 11) is 0. The van der Waals surface area contributed by atoms with Gasteiger partial charge in [-0.05, 0) is 17.2 Å². The molecule has 27 heavy (non-hydrogen) atoms. The number of non-ortho nitro benzene ring substituents is 1. The fraction of sp³-hybridized carbons (Fsp3) is 0.0500. The molecule has 1 aliphatic rings. The number of hydrogen-bond acceptors (Lipinski definition) is 4. The van der Waals surface area contributed by atoms with E-state index in [0.29, 0.717) is 5.69 Å². The number of benzene rings is 3. The summed E-state index contributed by atoms with van der Waals surface area (Å²) in [6, 6.07) is 24.2. The predicted molar refractivity (Wildman–Crippen MR) is 97.6 cm³/mol. The molecule has 0 aromatic heterocycles. The Labute approximate surface area is 154 Å². The standard InChI is InChI=1S/C20H14N4O3/c25-19-21-20(15-7-3-1-4-8-15,16-9-5-2-6-10-16)22-23(19)17-11-13-18(14-12-17)24(26)27/h1-14H/p+1. The molecule has 7 heteroatoms. The number of rotatable bonds is 4. The summed E-state index contributed by atoms with van der Waals surface area (Å²) in [5.74, 6) is 0. The number of carbonyl (C=O) groups excluding carboxylic acids is 1. The molecule has 0 fully saturated rings. The molecular weight excluding hydrogens is 344 g/mol. The molecule has 0 saturated carbocycles. The van der Waals surface area contributed by atoms with Gasteiger partial charge in [-0.2, -0.15) is 10.1 Å². The van der Waals surface area contributed by atoms with E-state index in [1.165, 1.54) is 29.0 Å². The minimum Gasteiger partial charge on any atom is -0.258 e. The third-order valence-electron chi connectivity index (χ3n) is 4.42. The van der Waals surface area contributed by atoms with Crippen LogP contribution in [-0.4, -0.2) is 15.7 Å². The summed E-state index contributed by atoms with van der Waals surface area (Å²) < 4.78 is 1.24. The summed E-state index contributed by atoms with van der Waals surface area (Å²) in [4.78, 5) is 23.1. The van der Waals surface area contributed by atoms with E-state index in [2.05, 4.69) is 10.4 Å². The first-order chi connectivity index (χ1) is 13.1. The van der Waals surface area contributed by atoms with Crippen molar-refractivity contribution in [1.82, 2.24) is 5.32 Å². The SMILES string of the molecule is O=C1NC(c2ccccc2)(c2ccccc2)N=[N+]1c1ccc([N+](=O)[O-])cc1. The van der Waals surface area contributed by atoms with Crippen molar-refractivity contribution in [2.24, 2.45) is 5.11 Å². The Kier molecular flexibility index (Phi) is 3.97. The Hall–Kier alpha value is -3.87. The van der Waals surface area contributed by atoms with Gasteiger partial charge in [0.05, 0.1) is 4.92 Å². The first-order valence-corrected chi connectivity index (χ1v) is 8.31. The van der Waals surface area contributed by atoms with Crippen molar-refractivity contribution in [3.05, 3.63) is 106 Å². The quantitative estimate of drug-likeness (QED) is 0.427. The lowest BCUT2D eigenvalue weighted by Gasteiger charge is -2.20. The van der Waals surface area contributed by atoms with Gasteiger partial charge in [0.1, 0.15) is 0 Å². The average Bonchev–Trinajstić information content (AvgIpc) is 3.08. The summed E-state index contributed by atoms with van der Waals surface area (Å²) >= 11 is 0. The van der Waals surface area contributed by atoms with Crippen LogP contribution >= 0.6 is 0 Å². The number of nitrogens with one attached hydrogen (secondary N) is 1. The zero-order valence-electron chi connectivity index (χ0n) is 14.1. The normalized spacial score (nSPS) is 15.1. The summed E-state index contributed by atoms with van der Waals surface area (Å²) in [5.41, 5.74) is 0.965. The van der Waals surface area contributed by atoms with Gasteiger partial charge >= 0.3 is 6.03 Å². The molecule has 0 atom stereocenters. The van der Waals surface area contributed by atoms with Gasteiger partial charge in [-0.3, -0.25) is 10.1 Å². The lowest BCUT2D eigenvalue weighted by atomic mass is 9.92. The molecule has 0 radical (unpaired) electrons. The number of hydrogen-bond donors (Lipinski definition) is 1. The van der Waals surface area contributed by atoms with Crippen molar-refractivity contribution in [2.45, 2.75) is 5.66 Å². The molecule has 0 saturated heterocycles. The second-order valence-corrected chi connectivity index (χ2v) is 6.06. The van der Waals surface area contributed by atoms with Crippen molar-refractivity contribution < 1.29 is 14.4 Å². The van der Waals surface area contributed by atoms with Crippen LogP contribution in [0.3, 0.4) is 0 Å². The van der Waals surface area contributed by atoms with Crippen LogP contribution in [0.2, 0.25) is 0 Å². The monoisotopic (exact) mass is 359 g/mol. The number of azo groups is 2. The lowest BCUT2D eigenvalue weighted by molar-refractivity contribution is -0.404. The maximum atomic E-state index is 12.7. The zero-order valence-corrected chi connectivity index (χ0v) is 14.1. The van der Waals surface area contributed by atoms with Gasteiger partial charge in [-0.25, -0.2) is 0 Å². The first kappa shape index (κ1) is 16.6. The minimum absolute atomic E-state index is 0.0456. The highest BCUT2D eigenvalue weighted by molar-refractivity contribution is 5.72. The van der Waals surface area contributed by atoms with Crippen LogP contribution in [0.5, 0.6) is 0 Å². The summed E-state index contributed by atoms with van der Waals surface area (Å²) in [5, 5.41) is 18.5. The Balaban J connectivity index is 1.86. The minimum atomic E-state index is -1.07. The lowest BCUT2D eigenvalue weighted by Crippen LogP contribution is -2.40. The maximum Gasteiger partial charge on any atom is 0.519 e.